The third-order valence-electron chi connectivity index (χ3n) is 3.56. The first-order valence-corrected chi connectivity index (χ1v) is 8.93. The van der Waals surface area contributed by atoms with Gasteiger partial charge in [-0.15, -0.1) is 0 Å². The molecule has 0 amide bonds. The summed E-state index contributed by atoms with van der Waals surface area (Å²) in [4.78, 5) is 11.0. The van der Waals surface area contributed by atoms with Gasteiger partial charge in [-0.25, -0.2) is 4.39 Å². The van der Waals surface area contributed by atoms with E-state index in [1.54, 1.807) is 6.92 Å². The van der Waals surface area contributed by atoms with E-state index >= 15 is 0 Å². The molecule has 0 aliphatic carbocycles. The summed E-state index contributed by atoms with van der Waals surface area (Å²) in [6.45, 7) is 12.3. The Kier molecular flexibility index (Phi) is 4.01. The van der Waals surface area contributed by atoms with Gasteiger partial charge in [0.15, 0.2) is 6.29 Å². The van der Waals surface area contributed by atoms with E-state index in [0.717, 1.165) is 0 Å². The van der Waals surface area contributed by atoms with Crippen molar-refractivity contribution in [3.05, 3.63) is 29.1 Å². The second-order valence-electron chi connectivity index (χ2n) is 6.12. The van der Waals surface area contributed by atoms with Crippen molar-refractivity contribution in [1.29, 1.82) is 0 Å². The summed E-state index contributed by atoms with van der Waals surface area (Å²) < 4.78 is 19.4. The average Bonchev–Trinajstić information content (AvgIpc) is 2.19. The molecule has 0 saturated heterocycles. The third-order valence-corrected chi connectivity index (χ3v) is 7.89. The maximum absolute atomic E-state index is 13.3. The van der Waals surface area contributed by atoms with Crippen molar-refractivity contribution in [1.82, 2.24) is 0 Å². The fraction of sp³-hybridized carbons (Fsp3) is 0.500. The molecule has 0 saturated carbocycles. The van der Waals surface area contributed by atoms with Gasteiger partial charge in [-0.3, -0.25) is 4.79 Å². The molecule has 0 radical (unpaired) electrons. The van der Waals surface area contributed by atoms with E-state index in [9.17, 15) is 9.18 Å². The van der Waals surface area contributed by atoms with Crippen molar-refractivity contribution in [2.75, 3.05) is 0 Å². The minimum absolute atomic E-state index is 0.0357. The quantitative estimate of drug-likeness (QED) is 0.602. The highest BCUT2D eigenvalue weighted by Crippen LogP contribution is 2.39. The summed E-state index contributed by atoms with van der Waals surface area (Å²) in [6.07, 6.45) is 0.651. The minimum Gasteiger partial charge on any atom is -0.543 e. The molecule has 1 aromatic carbocycles. The predicted octanol–water partition coefficient (Wildman–Crippen LogP) is 4.33. The van der Waals surface area contributed by atoms with Gasteiger partial charge in [-0.2, -0.15) is 0 Å². The zero-order valence-corrected chi connectivity index (χ0v) is 12.9. The highest BCUT2D eigenvalue weighted by Gasteiger charge is 2.39. The van der Waals surface area contributed by atoms with E-state index in [1.165, 1.54) is 12.1 Å². The van der Waals surface area contributed by atoms with Crippen molar-refractivity contribution < 1.29 is 13.6 Å². The first-order valence-electron chi connectivity index (χ1n) is 6.03. The van der Waals surface area contributed by atoms with Crippen molar-refractivity contribution in [3.63, 3.8) is 0 Å². The lowest BCUT2D eigenvalue weighted by Crippen LogP contribution is -2.44. The number of aryl methyl sites for hydroxylation is 1. The summed E-state index contributed by atoms with van der Waals surface area (Å²) in [6, 6.07) is 2.62. The molecule has 2 nitrogen and oxygen atoms in total. The Hall–Kier alpha value is -1.16. The Morgan fingerprint density at radius 3 is 2.28 bits per heavy atom. The van der Waals surface area contributed by atoms with Crippen LogP contribution in [0.2, 0.25) is 18.1 Å². The van der Waals surface area contributed by atoms with Gasteiger partial charge in [-0.1, -0.05) is 20.8 Å². The Morgan fingerprint density at radius 2 is 1.83 bits per heavy atom. The first-order chi connectivity index (χ1) is 8.08. The maximum Gasteiger partial charge on any atom is 0.250 e. The number of carbonyl (C=O) groups excluding carboxylic acids is 1. The topological polar surface area (TPSA) is 26.3 Å². The van der Waals surface area contributed by atoms with Crippen molar-refractivity contribution in [2.45, 2.75) is 45.8 Å². The van der Waals surface area contributed by atoms with Crippen LogP contribution in [0.1, 0.15) is 36.7 Å². The Bertz CT molecular complexity index is 462. The monoisotopic (exact) mass is 268 g/mol. The van der Waals surface area contributed by atoms with Gasteiger partial charge in [0.2, 0.25) is 0 Å². The molecule has 0 aromatic heterocycles. The van der Waals surface area contributed by atoms with E-state index in [1.807, 2.05) is 0 Å². The number of rotatable bonds is 3. The maximum atomic E-state index is 13.3. The van der Waals surface area contributed by atoms with E-state index in [-0.39, 0.29) is 10.6 Å². The highest BCUT2D eigenvalue weighted by molar-refractivity contribution is 6.74. The molecule has 0 unspecified atom stereocenters. The minimum atomic E-state index is -2.02. The number of hydrogen-bond donors (Lipinski definition) is 0. The molecular weight excluding hydrogens is 247 g/mol. The van der Waals surface area contributed by atoms with Gasteiger partial charge >= 0.3 is 0 Å². The molecule has 0 N–H and O–H groups in total. The van der Waals surface area contributed by atoms with Crippen LogP contribution in [0.25, 0.3) is 0 Å². The molecule has 1 aromatic rings. The summed E-state index contributed by atoms with van der Waals surface area (Å²) in [5.41, 5.74) is 0.958. The Labute approximate surface area is 109 Å². The lowest BCUT2D eigenvalue weighted by Gasteiger charge is -2.37. The van der Waals surface area contributed by atoms with Crippen molar-refractivity contribution in [3.8, 4) is 5.75 Å². The van der Waals surface area contributed by atoms with E-state index < -0.39 is 14.1 Å². The van der Waals surface area contributed by atoms with Crippen molar-refractivity contribution in [2.24, 2.45) is 0 Å². The molecule has 1 rings (SSSR count). The van der Waals surface area contributed by atoms with Crippen LogP contribution >= 0.6 is 0 Å². The van der Waals surface area contributed by atoms with Crippen LogP contribution in [0.4, 0.5) is 4.39 Å². The number of carbonyl (C=O) groups is 1. The van der Waals surface area contributed by atoms with Crippen LogP contribution in [0.3, 0.4) is 0 Å². The van der Waals surface area contributed by atoms with Gasteiger partial charge in [-0.05, 0) is 42.8 Å². The molecule has 0 fully saturated rings. The first kappa shape index (κ1) is 14.9. The van der Waals surface area contributed by atoms with Crippen LogP contribution in [-0.2, 0) is 0 Å². The fourth-order valence-electron chi connectivity index (χ4n) is 1.39. The number of benzene rings is 1. The third kappa shape index (κ3) is 2.99. The average molecular weight is 268 g/mol. The van der Waals surface area contributed by atoms with Crippen LogP contribution in [0.15, 0.2) is 12.1 Å². The van der Waals surface area contributed by atoms with E-state index in [4.69, 9.17) is 4.43 Å². The van der Waals surface area contributed by atoms with Crippen LogP contribution < -0.4 is 4.43 Å². The summed E-state index contributed by atoms with van der Waals surface area (Å²) >= 11 is 0. The number of hydrogen-bond acceptors (Lipinski definition) is 2. The molecule has 0 heterocycles. The molecule has 0 atom stereocenters. The standard InChI is InChI=1S/C14H21FO2Si/c1-10-7-12(15)8-11(9-16)13(10)17-18(5,6)14(2,3)4/h7-9H,1-6H3. The molecule has 0 spiro atoms. The lowest BCUT2D eigenvalue weighted by molar-refractivity contribution is 0.112. The predicted molar refractivity (Wildman–Crippen MR) is 74.3 cm³/mol. The van der Waals surface area contributed by atoms with Crippen LogP contribution in [-0.4, -0.2) is 14.6 Å². The van der Waals surface area contributed by atoms with Gasteiger partial charge in [0.05, 0.1) is 5.56 Å². The van der Waals surface area contributed by atoms with Crippen LogP contribution in [0, 0.1) is 12.7 Å². The van der Waals surface area contributed by atoms with Gasteiger partial charge in [0.25, 0.3) is 8.32 Å². The zero-order valence-electron chi connectivity index (χ0n) is 11.9. The molecule has 18 heavy (non-hydrogen) atoms. The second kappa shape index (κ2) is 4.84. The lowest BCUT2D eigenvalue weighted by atomic mass is 10.1. The highest BCUT2D eigenvalue weighted by atomic mass is 28.4. The molecule has 4 heteroatoms. The summed E-state index contributed by atoms with van der Waals surface area (Å²) in [5, 5.41) is 0.0357. The zero-order chi connectivity index (χ0) is 14.1. The van der Waals surface area contributed by atoms with Crippen LogP contribution in [0.5, 0.6) is 5.75 Å². The number of aldehydes is 1. The Balaban J connectivity index is 3.23. The van der Waals surface area contributed by atoms with Crippen molar-refractivity contribution >= 4 is 14.6 Å². The molecule has 0 aliphatic heterocycles. The fourth-order valence-corrected chi connectivity index (χ4v) is 2.49. The SMILES string of the molecule is Cc1cc(F)cc(C=O)c1O[Si](C)(C)C(C)(C)C. The van der Waals surface area contributed by atoms with Gasteiger partial charge in [0, 0.05) is 0 Å². The molecule has 0 bridgehead atoms. The van der Waals surface area contributed by atoms with Gasteiger partial charge in [0.1, 0.15) is 11.6 Å². The Morgan fingerprint density at radius 1 is 1.28 bits per heavy atom. The molecular formula is C14H21FO2Si. The normalized spacial score (nSPS) is 12.4. The second-order valence-corrected chi connectivity index (χ2v) is 10.8. The van der Waals surface area contributed by atoms with E-state index in [0.29, 0.717) is 17.6 Å². The summed E-state index contributed by atoms with van der Waals surface area (Å²) in [5.74, 6) is 0.121. The van der Waals surface area contributed by atoms with E-state index in [2.05, 4.69) is 33.9 Å². The van der Waals surface area contributed by atoms with Gasteiger partial charge < -0.3 is 4.43 Å². The summed E-state index contributed by atoms with van der Waals surface area (Å²) in [7, 11) is -2.02. The smallest absolute Gasteiger partial charge is 0.250 e. The molecule has 0 aliphatic rings. The number of halogens is 1. The largest absolute Gasteiger partial charge is 0.543 e. The molecule has 100 valence electrons.